The van der Waals surface area contributed by atoms with Crippen LogP contribution in [0.1, 0.15) is 28.2 Å². The average molecular weight is 326 g/mol. The highest BCUT2D eigenvalue weighted by Crippen LogP contribution is 2.21. The molecule has 126 valence electrons. The molecule has 0 saturated carbocycles. The number of carbonyl (C=O) groups excluding carboxylic acids is 2. The van der Waals surface area contributed by atoms with E-state index >= 15 is 0 Å². The van der Waals surface area contributed by atoms with Crippen molar-refractivity contribution in [3.63, 3.8) is 0 Å². The number of nitrogens with one attached hydrogen (secondary N) is 1. The predicted octanol–water partition coefficient (Wildman–Crippen LogP) is 1.60. The topological polar surface area (TPSA) is 67.2 Å². The maximum atomic E-state index is 12.9. The second kappa shape index (κ2) is 6.86. The Bertz CT molecular complexity index is 736. The molecule has 2 aromatic rings. The quantitative estimate of drug-likeness (QED) is 0.931. The van der Waals surface area contributed by atoms with Gasteiger partial charge in [-0.2, -0.15) is 0 Å². The maximum Gasteiger partial charge on any atom is 0.255 e. The largest absolute Gasteiger partial charge is 0.359 e. The average Bonchev–Trinajstić information content (AvgIpc) is 2.93. The summed E-state index contributed by atoms with van der Waals surface area (Å²) in [5, 5.41) is 2.67. The van der Waals surface area contributed by atoms with Crippen LogP contribution in [0.15, 0.2) is 36.7 Å². The zero-order valence-electron chi connectivity index (χ0n) is 14.0. The number of hydrogen-bond donors (Lipinski definition) is 1. The van der Waals surface area contributed by atoms with Crippen molar-refractivity contribution in [3.05, 3.63) is 53.6 Å². The minimum Gasteiger partial charge on any atom is -0.359 e. The summed E-state index contributed by atoms with van der Waals surface area (Å²) in [5.41, 5.74) is 2.55. The third kappa shape index (κ3) is 3.48. The number of rotatable bonds is 3. The number of carbonyl (C=O) groups is 2. The van der Waals surface area contributed by atoms with Gasteiger partial charge in [-0.3, -0.25) is 14.6 Å². The van der Waals surface area contributed by atoms with E-state index in [4.69, 9.17) is 0 Å². The van der Waals surface area contributed by atoms with Crippen LogP contribution < -0.4 is 5.32 Å². The summed E-state index contributed by atoms with van der Waals surface area (Å²) in [6.07, 6.45) is 4.03. The van der Waals surface area contributed by atoms with Gasteiger partial charge in [0, 0.05) is 56.3 Å². The van der Waals surface area contributed by atoms with Crippen LogP contribution >= 0.6 is 0 Å². The third-order valence-electron chi connectivity index (χ3n) is 4.41. The fourth-order valence-electron chi connectivity index (χ4n) is 3.10. The first-order chi connectivity index (χ1) is 11.6. The summed E-state index contributed by atoms with van der Waals surface area (Å²) in [7, 11) is 1.64. The highest BCUT2D eigenvalue weighted by Gasteiger charge is 2.27. The molecule has 3 rings (SSSR count). The van der Waals surface area contributed by atoms with E-state index in [9.17, 15) is 9.59 Å². The molecular formula is C18H22N4O2. The summed E-state index contributed by atoms with van der Waals surface area (Å²) >= 11 is 0. The number of nitrogens with zero attached hydrogens (tertiary/aromatic N) is 3. The van der Waals surface area contributed by atoms with Crippen molar-refractivity contribution in [2.24, 2.45) is 5.92 Å². The molecule has 1 unspecified atom stereocenters. The fourth-order valence-corrected chi connectivity index (χ4v) is 3.10. The number of hydrogen-bond acceptors (Lipinski definition) is 3. The van der Waals surface area contributed by atoms with Crippen LogP contribution in [0, 0.1) is 12.8 Å². The Morgan fingerprint density at radius 3 is 2.83 bits per heavy atom. The lowest BCUT2D eigenvalue weighted by Gasteiger charge is -2.24. The van der Waals surface area contributed by atoms with Gasteiger partial charge in [0.05, 0.1) is 12.1 Å². The number of fused-ring (bicyclic) bond motifs is 1. The van der Waals surface area contributed by atoms with Crippen LogP contribution in [0.2, 0.25) is 0 Å². The Kier molecular flexibility index (Phi) is 4.64. The number of amides is 2. The molecule has 1 N–H and O–H groups in total. The van der Waals surface area contributed by atoms with Crippen LogP contribution in [0.5, 0.6) is 0 Å². The molecule has 2 amide bonds. The summed E-state index contributed by atoms with van der Waals surface area (Å²) in [6, 6.07) is 7.65. The van der Waals surface area contributed by atoms with Gasteiger partial charge < -0.3 is 14.8 Å². The van der Waals surface area contributed by atoms with Crippen molar-refractivity contribution in [3.8, 4) is 0 Å². The summed E-state index contributed by atoms with van der Waals surface area (Å²) < 4.78 is 2.13. The molecule has 6 nitrogen and oxygen atoms in total. The highest BCUT2D eigenvalue weighted by atomic mass is 16.2. The first-order valence-electron chi connectivity index (χ1n) is 8.13. The van der Waals surface area contributed by atoms with Crippen molar-refractivity contribution in [2.75, 3.05) is 13.6 Å². The summed E-state index contributed by atoms with van der Waals surface area (Å²) in [4.78, 5) is 30.7. The van der Waals surface area contributed by atoms with Crippen molar-refractivity contribution in [1.82, 2.24) is 19.8 Å². The van der Waals surface area contributed by atoms with Crippen molar-refractivity contribution < 1.29 is 9.59 Å². The van der Waals surface area contributed by atoms with Crippen LogP contribution in [-0.4, -0.2) is 39.9 Å². The number of aryl methyl sites for hydroxylation is 1. The molecule has 3 heterocycles. The molecule has 0 spiro atoms. The predicted molar refractivity (Wildman–Crippen MR) is 90.3 cm³/mol. The summed E-state index contributed by atoms with van der Waals surface area (Å²) in [6.45, 7) is 3.74. The minimum absolute atomic E-state index is 0.00000710. The molecule has 0 radical (unpaired) electrons. The van der Waals surface area contributed by atoms with Crippen LogP contribution in [-0.2, 0) is 17.9 Å². The van der Waals surface area contributed by atoms with Crippen LogP contribution in [0.3, 0.4) is 0 Å². The van der Waals surface area contributed by atoms with Gasteiger partial charge in [0.1, 0.15) is 0 Å². The minimum atomic E-state index is -0.0425. The molecule has 6 heteroatoms. The zero-order valence-corrected chi connectivity index (χ0v) is 14.0. The Morgan fingerprint density at radius 2 is 2.12 bits per heavy atom. The van der Waals surface area contributed by atoms with Gasteiger partial charge in [-0.15, -0.1) is 0 Å². The van der Waals surface area contributed by atoms with Crippen molar-refractivity contribution in [1.29, 1.82) is 0 Å². The molecule has 0 fully saturated rings. The monoisotopic (exact) mass is 326 g/mol. The Morgan fingerprint density at radius 1 is 1.29 bits per heavy atom. The van der Waals surface area contributed by atoms with E-state index in [2.05, 4.69) is 14.9 Å². The Balaban J connectivity index is 1.84. The second-order valence-corrected chi connectivity index (χ2v) is 6.27. The lowest BCUT2D eigenvalue weighted by Crippen LogP contribution is -2.35. The molecule has 1 aliphatic rings. The molecular weight excluding hydrogens is 304 g/mol. The van der Waals surface area contributed by atoms with E-state index in [-0.39, 0.29) is 17.7 Å². The second-order valence-electron chi connectivity index (χ2n) is 6.27. The van der Waals surface area contributed by atoms with Crippen LogP contribution in [0.4, 0.5) is 0 Å². The van der Waals surface area contributed by atoms with Gasteiger partial charge in [0.2, 0.25) is 5.91 Å². The molecule has 2 aromatic heterocycles. The van der Waals surface area contributed by atoms with E-state index in [1.54, 1.807) is 13.2 Å². The first kappa shape index (κ1) is 16.2. The molecule has 0 bridgehead atoms. The SMILES string of the molecule is CNC(=O)CC1CN(C(=O)c2ccc(C)nc2)Cc2cccn2C1. The molecule has 1 aliphatic heterocycles. The standard InChI is InChI=1S/C18H22N4O2/c1-13-5-6-15(9-20-13)18(24)22-11-14(8-17(23)19-2)10-21-7-3-4-16(21)12-22/h3-7,9,14H,8,10-12H2,1-2H3,(H,19,23). The van der Waals surface area contributed by atoms with Crippen molar-refractivity contribution >= 4 is 11.8 Å². The van der Waals surface area contributed by atoms with Crippen LogP contribution in [0.25, 0.3) is 0 Å². The maximum absolute atomic E-state index is 12.9. The van der Waals surface area contributed by atoms with Gasteiger partial charge in [-0.05, 0) is 31.2 Å². The van der Waals surface area contributed by atoms with E-state index in [0.717, 1.165) is 17.9 Å². The smallest absolute Gasteiger partial charge is 0.255 e. The Hall–Kier alpha value is -2.63. The normalized spacial score (nSPS) is 17.1. The van der Waals surface area contributed by atoms with Crippen molar-refractivity contribution in [2.45, 2.75) is 26.4 Å². The van der Waals surface area contributed by atoms with E-state index < -0.39 is 0 Å². The lowest BCUT2D eigenvalue weighted by atomic mass is 10.0. The van der Waals surface area contributed by atoms with E-state index in [1.807, 2.05) is 42.3 Å². The molecule has 0 aliphatic carbocycles. The van der Waals surface area contributed by atoms with Gasteiger partial charge in [0.25, 0.3) is 5.91 Å². The Labute approximate surface area is 141 Å². The van der Waals surface area contributed by atoms with Gasteiger partial charge in [-0.1, -0.05) is 0 Å². The molecule has 0 aromatic carbocycles. The third-order valence-corrected chi connectivity index (χ3v) is 4.41. The lowest BCUT2D eigenvalue weighted by molar-refractivity contribution is -0.121. The number of aromatic nitrogens is 2. The highest BCUT2D eigenvalue weighted by molar-refractivity contribution is 5.94. The first-order valence-corrected chi connectivity index (χ1v) is 8.13. The number of pyridine rings is 1. The van der Waals surface area contributed by atoms with E-state index in [0.29, 0.717) is 25.1 Å². The molecule has 1 atom stereocenters. The molecule has 24 heavy (non-hydrogen) atoms. The van der Waals surface area contributed by atoms with Gasteiger partial charge in [-0.25, -0.2) is 0 Å². The fraction of sp³-hybridized carbons (Fsp3) is 0.389. The van der Waals surface area contributed by atoms with Gasteiger partial charge in [0.15, 0.2) is 0 Å². The van der Waals surface area contributed by atoms with Gasteiger partial charge >= 0.3 is 0 Å². The van der Waals surface area contributed by atoms with E-state index in [1.165, 1.54) is 0 Å². The summed E-state index contributed by atoms with van der Waals surface area (Å²) in [5.74, 6) is 0.0417. The zero-order chi connectivity index (χ0) is 17.1. The molecule has 0 saturated heterocycles.